The predicted molar refractivity (Wildman–Crippen MR) is 63.5 cm³/mol. The summed E-state index contributed by atoms with van der Waals surface area (Å²) in [5.41, 5.74) is 5.71. The molecule has 1 saturated carbocycles. The maximum atomic E-state index is 5.77. The van der Waals surface area contributed by atoms with Gasteiger partial charge in [-0.1, -0.05) is 0 Å². The Morgan fingerprint density at radius 3 is 2.65 bits per heavy atom. The van der Waals surface area contributed by atoms with Crippen molar-refractivity contribution in [2.24, 2.45) is 5.73 Å². The second kappa shape index (κ2) is 4.74. The van der Waals surface area contributed by atoms with E-state index in [2.05, 4.69) is 14.8 Å². The van der Waals surface area contributed by atoms with Crippen LogP contribution in [0.15, 0.2) is 0 Å². The zero-order valence-corrected chi connectivity index (χ0v) is 10.1. The molecule has 2 heterocycles. The Hall–Kier alpha value is -0.940. The molecule has 1 atom stereocenters. The molecule has 1 unspecified atom stereocenters. The first-order valence-electron chi connectivity index (χ1n) is 6.63. The summed E-state index contributed by atoms with van der Waals surface area (Å²) in [5, 5.41) is 8.49. The number of hydrogen-bond acceptors (Lipinski definition) is 4. The van der Waals surface area contributed by atoms with Crippen LogP contribution in [-0.4, -0.2) is 27.5 Å². The molecule has 0 spiro atoms. The molecule has 2 N–H and O–H groups in total. The van der Waals surface area contributed by atoms with Crippen LogP contribution in [-0.2, 0) is 17.7 Å². The van der Waals surface area contributed by atoms with Crippen molar-refractivity contribution in [1.82, 2.24) is 14.8 Å². The van der Waals surface area contributed by atoms with Crippen LogP contribution < -0.4 is 5.73 Å². The molecule has 5 nitrogen and oxygen atoms in total. The third-order valence-electron chi connectivity index (χ3n) is 3.62. The highest BCUT2D eigenvalue weighted by molar-refractivity contribution is 5.04. The van der Waals surface area contributed by atoms with Crippen molar-refractivity contribution in [3.63, 3.8) is 0 Å². The van der Waals surface area contributed by atoms with Gasteiger partial charge in [-0.2, -0.15) is 0 Å². The Morgan fingerprint density at radius 2 is 2.00 bits per heavy atom. The van der Waals surface area contributed by atoms with E-state index in [1.165, 1.54) is 25.7 Å². The van der Waals surface area contributed by atoms with E-state index < -0.39 is 0 Å². The van der Waals surface area contributed by atoms with E-state index in [0.29, 0.717) is 18.7 Å². The van der Waals surface area contributed by atoms with E-state index in [0.717, 1.165) is 31.1 Å². The fourth-order valence-corrected chi connectivity index (χ4v) is 2.57. The quantitative estimate of drug-likeness (QED) is 0.852. The van der Waals surface area contributed by atoms with E-state index in [1.54, 1.807) is 0 Å². The van der Waals surface area contributed by atoms with Gasteiger partial charge in [0.15, 0.2) is 0 Å². The first-order chi connectivity index (χ1) is 8.38. The van der Waals surface area contributed by atoms with E-state index in [-0.39, 0.29) is 0 Å². The minimum absolute atomic E-state index is 0.330. The average molecular weight is 236 g/mol. The second-order valence-corrected chi connectivity index (χ2v) is 5.03. The highest BCUT2D eigenvalue weighted by atomic mass is 16.5. The third-order valence-corrected chi connectivity index (χ3v) is 3.62. The molecule has 94 valence electrons. The lowest BCUT2D eigenvalue weighted by molar-refractivity contribution is 0.0151. The Morgan fingerprint density at radius 1 is 1.18 bits per heavy atom. The largest absolute Gasteiger partial charge is 0.378 e. The van der Waals surface area contributed by atoms with Crippen molar-refractivity contribution >= 4 is 0 Å². The van der Waals surface area contributed by atoms with Gasteiger partial charge in [0, 0.05) is 19.1 Å². The number of aromatic nitrogens is 3. The zero-order chi connectivity index (χ0) is 11.7. The summed E-state index contributed by atoms with van der Waals surface area (Å²) in [5.74, 6) is 2.00. The molecule has 1 aliphatic carbocycles. The predicted octanol–water partition coefficient (Wildman–Crippen LogP) is 1.18. The van der Waals surface area contributed by atoms with Crippen LogP contribution in [0.1, 0.15) is 49.8 Å². The van der Waals surface area contributed by atoms with Gasteiger partial charge < -0.3 is 15.0 Å². The van der Waals surface area contributed by atoms with Gasteiger partial charge in [-0.15, -0.1) is 10.2 Å². The standard InChI is InChI=1S/C12H20N4O/c13-8-12-15-14-11(16(12)9-4-5-9)7-10-3-1-2-6-17-10/h9-10H,1-8,13H2. The van der Waals surface area contributed by atoms with Crippen molar-refractivity contribution in [2.45, 2.75) is 57.2 Å². The highest BCUT2D eigenvalue weighted by Gasteiger charge is 2.30. The van der Waals surface area contributed by atoms with Gasteiger partial charge in [-0.25, -0.2) is 0 Å². The van der Waals surface area contributed by atoms with Gasteiger partial charge in [-0.05, 0) is 32.1 Å². The lowest BCUT2D eigenvalue weighted by Crippen LogP contribution is -2.23. The molecule has 1 saturated heterocycles. The smallest absolute Gasteiger partial charge is 0.147 e. The first-order valence-corrected chi connectivity index (χ1v) is 6.63. The lowest BCUT2D eigenvalue weighted by Gasteiger charge is -2.22. The number of hydrogen-bond donors (Lipinski definition) is 1. The minimum atomic E-state index is 0.330. The SMILES string of the molecule is NCc1nnc(CC2CCCCO2)n1C1CC1. The third kappa shape index (κ3) is 2.35. The Bertz CT molecular complexity index is 380. The zero-order valence-electron chi connectivity index (χ0n) is 10.1. The highest BCUT2D eigenvalue weighted by Crippen LogP contribution is 2.37. The monoisotopic (exact) mass is 236 g/mol. The Balaban J connectivity index is 1.74. The van der Waals surface area contributed by atoms with Crippen molar-refractivity contribution in [3.05, 3.63) is 11.6 Å². The fourth-order valence-electron chi connectivity index (χ4n) is 2.57. The molecule has 17 heavy (non-hydrogen) atoms. The van der Waals surface area contributed by atoms with Gasteiger partial charge >= 0.3 is 0 Å². The molecule has 2 fully saturated rings. The van der Waals surface area contributed by atoms with Gasteiger partial charge in [0.2, 0.25) is 0 Å². The molecule has 0 aromatic carbocycles. The molecule has 1 aromatic rings. The molecule has 2 aliphatic rings. The Kier molecular flexibility index (Phi) is 3.11. The summed E-state index contributed by atoms with van der Waals surface area (Å²) in [6.45, 7) is 1.38. The van der Waals surface area contributed by atoms with E-state index >= 15 is 0 Å². The molecule has 1 aromatic heterocycles. The van der Waals surface area contributed by atoms with Crippen LogP contribution in [0.3, 0.4) is 0 Å². The molecule has 0 bridgehead atoms. The van der Waals surface area contributed by atoms with Crippen LogP contribution >= 0.6 is 0 Å². The molecule has 0 amide bonds. The molecule has 1 aliphatic heterocycles. The summed E-state index contributed by atoms with van der Waals surface area (Å²) >= 11 is 0. The summed E-state index contributed by atoms with van der Waals surface area (Å²) in [7, 11) is 0. The van der Waals surface area contributed by atoms with Crippen LogP contribution in [0.4, 0.5) is 0 Å². The summed E-state index contributed by atoms with van der Waals surface area (Å²) in [4.78, 5) is 0. The van der Waals surface area contributed by atoms with Crippen molar-refractivity contribution in [1.29, 1.82) is 0 Å². The van der Waals surface area contributed by atoms with Crippen LogP contribution in [0.2, 0.25) is 0 Å². The van der Waals surface area contributed by atoms with E-state index in [9.17, 15) is 0 Å². The topological polar surface area (TPSA) is 66.0 Å². The molecular weight excluding hydrogens is 216 g/mol. The molecular formula is C12H20N4O. The van der Waals surface area contributed by atoms with Crippen molar-refractivity contribution in [3.8, 4) is 0 Å². The van der Waals surface area contributed by atoms with Gasteiger partial charge in [-0.3, -0.25) is 0 Å². The summed E-state index contributed by atoms with van der Waals surface area (Å²) < 4.78 is 8.02. The minimum Gasteiger partial charge on any atom is -0.378 e. The number of nitrogens with two attached hydrogens (primary N) is 1. The number of ether oxygens (including phenoxy) is 1. The van der Waals surface area contributed by atoms with Crippen LogP contribution in [0.5, 0.6) is 0 Å². The molecule has 3 rings (SSSR count). The molecule has 5 heteroatoms. The second-order valence-electron chi connectivity index (χ2n) is 5.03. The Labute approximate surface area is 101 Å². The summed E-state index contributed by atoms with van der Waals surface area (Å²) in [6, 6.07) is 0.599. The lowest BCUT2D eigenvalue weighted by atomic mass is 10.1. The van der Waals surface area contributed by atoms with Crippen LogP contribution in [0.25, 0.3) is 0 Å². The van der Waals surface area contributed by atoms with Crippen LogP contribution in [0, 0.1) is 0 Å². The first kappa shape index (κ1) is 11.2. The van der Waals surface area contributed by atoms with E-state index in [1.807, 2.05) is 0 Å². The maximum Gasteiger partial charge on any atom is 0.147 e. The van der Waals surface area contributed by atoms with E-state index in [4.69, 9.17) is 10.5 Å². The molecule has 0 radical (unpaired) electrons. The van der Waals surface area contributed by atoms with Gasteiger partial charge in [0.25, 0.3) is 0 Å². The van der Waals surface area contributed by atoms with Crippen molar-refractivity contribution < 1.29 is 4.74 Å². The van der Waals surface area contributed by atoms with Gasteiger partial charge in [0.1, 0.15) is 11.6 Å². The summed E-state index contributed by atoms with van der Waals surface area (Å²) in [6.07, 6.45) is 7.31. The average Bonchev–Trinajstić information content (AvgIpc) is 3.13. The number of nitrogens with zero attached hydrogens (tertiary/aromatic N) is 3. The van der Waals surface area contributed by atoms with Crippen molar-refractivity contribution in [2.75, 3.05) is 6.61 Å². The normalized spacial score (nSPS) is 25.1. The number of rotatable bonds is 4. The fraction of sp³-hybridized carbons (Fsp3) is 0.833. The van der Waals surface area contributed by atoms with Gasteiger partial charge in [0.05, 0.1) is 12.6 Å². The maximum absolute atomic E-state index is 5.77.